The van der Waals surface area contributed by atoms with Crippen LogP contribution in [0.4, 0.5) is 0 Å². The molecular formula is C21H22BN. The van der Waals surface area contributed by atoms with Gasteiger partial charge in [0, 0.05) is 27.4 Å². The molecule has 2 aromatic rings. The van der Waals surface area contributed by atoms with Crippen molar-refractivity contribution in [2.75, 3.05) is 0 Å². The second kappa shape index (κ2) is 5.30. The van der Waals surface area contributed by atoms with Crippen LogP contribution in [0.3, 0.4) is 0 Å². The number of allylic oxidation sites excluding steroid dienone is 4. The summed E-state index contributed by atoms with van der Waals surface area (Å²) in [4.78, 5) is 3.53. The summed E-state index contributed by atoms with van der Waals surface area (Å²) in [6, 6.07) is 6.13. The van der Waals surface area contributed by atoms with Gasteiger partial charge in [0.05, 0.1) is 0 Å². The minimum atomic E-state index is 0.491. The SMILES string of the molecule is [B]c1ccc2[nH]c3c(c2c1)=CC(C1=C(C)C=CC(C)C1C)CC=3. The molecule has 0 spiro atoms. The maximum atomic E-state index is 6.00. The van der Waals surface area contributed by atoms with Crippen molar-refractivity contribution in [2.45, 2.75) is 27.2 Å². The summed E-state index contributed by atoms with van der Waals surface area (Å²) in [5, 5.41) is 3.80. The predicted molar refractivity (Wildman–Crippen MR) is 100 cm³/mol. The Labute approximate surface area is 138 Å². The van der Waals surface area contributed by atoms with Crippen LogP contribution < -0.4 is 16.0 Å². The molecule has 2 heteroatoms. The summed E-state index contributed by atoms with van der Waals surface area (Å²) in [7, 11) is 6.00. The van der Waals surface area contributed by atoms with Crippen molar-refractivity contribution in [1.29, 1.82) is 0 Å². The summed E-state index contributed by atoms with van der Waals surface area (Å²) in [5.74, 6) is 1.71. The van der Waals surface area contributed by atoms with Crippen LogP contribution in [0.5, 0.6) is 0 Å². The Kier molecular flexibility index (Phi) is 3.37. The van der Waals surface area contributed by atoms with E-state index < -0.39 is 0 Å². The van der Waals surface area contributed by atoms with Crippen molar-refractivity contribution in [3.8, 4) is 0 Å². The van der Waals surface area contributed by atoms with E-state index in [0.717, 1.165) is 11.9 Å². The number of H-pyrrole nitrogens is 1. The van der Waals surface area contributed by atoms with Crippen LogP contribution in [0.15, 0.2) is 41.5 Å². The third-order valence-corrected chi connectivity index (χ3v) is 5.62. The lowest BCUT2D eigenvalue weighted by atomic mass is 9.74. The van der Waals surface area contributed by atoms with E-state index in [1.807, 2.05) is 6.07 Å². The highest BCUT2D eigenvalue weighted by Crippen LogP contribution is 2.37. The minimum Gasteiger partial charge on any atom is -0.355 e. The van der Waals surface area contributed by atoms with E-state index >= 15 is 0 Å². The standard InChI is InChI=1S/C21H22BN/c1-12-4-5-13(2)21(14(12)3)15-6-8-19-17(10-15)18-11-16(22)7-9-20(18)23-19/h4-5,7-12,14-15,23H,6H2,1-3H3. The molecule has 0 bridgehead atoms. The van der Waals surface area contributed by atoms with E-state index in [-0.39, 0.29) is 0 Å². The Balaban J connectivity index is 1.90. The van der Waals surface area contributed by atoms with Gasteiger partial charge in [0.25, 0.3) is 0 Å². The Morgan fingerprint density at radius 1 is 1.22 bits per heavy atom. The van der Waals surface area contributed by atoms with Gasteiger partial charge < -0.3 is 4.98 Å². The summed E-state index contributed by atoms with van der Waals surface area (Å²) < 4.78 is 0. The topological polar surface area (TPSA) is 15.8 Å². The fourth-order valence-corrected chi connectivity index (χ4v) is 4.15. The van der Waals surface area contributed by atoms with Gasteiger partial charge in [-0.25, -0.2) is 0 Å². The maximum Gasteiger partial charge on any atom is 0.113 e. The van der Waals surface area contributed by atoms with E-state index in [0.29, 0.717) is 17.8 Å². The summed E-state index contributed by atoms with van der Waals surface area (Å²) in [6.07, 6.45) is 10.5. The fraction of sp³-hybridized carbons (Fsp3) is 0.333. The first-order valence-corrected chi connectivity index (χ1v) is 8.52. The molecule has 0 fully saturated rings. The maximum absolute atomic E-state index is 6.00. The Morgan fingerprint density at radius 3 is 2.87 bits per heavy atom. The molecule has 3 atom stereocenters. The van der Waals surface area contributed by atoms with Crippen molar-refractivity contribution in [3.63, 3.8) is 0 Å². The van der Waals surface area contributed by atoms with Crippen LogP contribution in [0.2, 0.25) is 0 Å². The van der Waals surface area contributed by atoms with Gasteiger partial charge >= 0.3 is 0 Å². The van der Waals surface area contributed by atoms with Crippen LogP contribution in [0.1, 0.15) is 27.2 Å². The molecule has 0 saturated carbocycles. The molecule has 1 nitrogen and oxygen atoms in total. The highest BCUT2D eigenvalue weighted by Gasteiger charge is 2.26. The molecule has 3 unspecified atom stereocenters. The minimum absolute atomic E-state index is 0.491. The molecule has 1 N–H and O–H groups in total. The number of benzene rings is 1. The fourth-order valence-electron chi connectivity index (χ4n) is 4.15. The molecule has 0 amide bonds. The van der Waals surface area contributed by atoms with Crippen LogP contribution >= 0.6 is 0 Å². The van der Waals surface area contributed by atoms with Crippen LogP contribution in [-0.4, -0.2) is 12.8 Å². The number of rotatable bonds is 1. The second-order valence-corrected chi connectivity index (χ2v) is 7.12. The first kappa shape index (κ1) is 14.6. The first-order chi connectivity index (χ1) is 11.0. The van der Waals surface area contributed by atoms with E-state index in [1.54, 1.807) is 5.57 Å². The van der Waals surface area contributed by atoms with E-state index in [4.69, 9.17) is 7.85 Å². The van der Waals surface area contributed by atoms with Gasteiger partial charge in [-0.1, -0.05) is 66.9 Å². The Morgan fingerprint density at radius 2 is 2.04 bits per heavy atom. The summed E-state index contributed by atoms with van der Waals surface area (Å²) >= 11 is 0. The molecule has 23 heavy (non-hydrogen) atoms. The van der Waals surface area contributed by atoms with Gasteiger partial charge in [0.2, 0.25) is 0 Å². The van der Waals surface area contributed by atoms with Crippen LogP contribution in [0.25, 0.3) is 23.1 Å². The quantitative estimate of drug-likeness (QED) is 0.779. The monoisotopic (exact) mass is 299 g/mol. The van der Waals surface area contributed by atoms with Crippen LogP contribution in [0, 0.1) is 17.8 Å². The molecule has 2 aliphatic carbocycles. The van der Waals surface area contributed by atoms with E-state index in [1.165, 1.54) is 27.0 Å². The van der Waals surface area contributed by atoms with Gasteiger partial charge in [-0.15, -0.1) is 0 Å². The number of fused-ring (bicyclic) bond motifs is 3. The molecule has 0 saturated heterocycles. The summed E-state index contributed by atoms with van der Waals surface area (Å²) in [5.41, 5.74) is 5.04. The average Bonchev–Trinajstić information content (AvgIpc) is 2.89. The third kappa shape index (κ3) is 2.32. The average molecular weight is 299 g/mol. The molecule has 1 aromatic carbocycles. The Bertz CT molecular complexity index is 958. The number of nitrogens with one attached hydrogen (secondary N) is 1. The zero-order chi connectivity index (χ0) is 16.1. The smallest absolute Gasteiger partial charge is 0.113 e. The molecular weight excluding hydrogens is 277 g/mol. The Hall–Kier alpha value is -1.96. The lowest BCUT2D eigenvalue weighted by molar-refractivity contribution is 0.481. The van der Waals surface area contributed by atoms with Gasteiger partial charge in [0.15, 0.2) is 0 Å². The van der Waals surface area contributed by atoms with Crippen molar-refractivity contribution in [1.82, 2.24) is 4.98 Å². The number of hydrogen-bond donors (Lipinski definition) is 1. The van der Waals surface area contributed by atoms with Gasteiger partial charge in [-0.05, 0) is 31.2 Å². The zero-order valence-corrected chi connectivity index (χ0v) is 14.1. The molecule has 2 aliphatic rings. The molecule has 1 heterocycles. The molecule has 1 aromatic heterocycles. The lowest BCUT2D eigenvalue weighted by Crippen LogP contribution is -2.30. The summed E-state index contributed by atoms with van der Waals surface area (Å²) in [6.45, 7) is 6.94. The van der Waals surface area contributed by atoms with Gasteiger partial charge in [-0.3, -0.25) is 0 Å². The highest BCUT2D eigenvalue weighted by molar-refractivity contribution is 6.33. The molecule has 0 aliphatic heterocycles. The van der Waals surface area contributed by atoms with Crippen molar-refractivity contribution < 1.29 is 0 Å². The second-order valence-electron chi connectivity index (χ2n) is 7.12. The van der Waals surface area contributed by atoms with Gasteiger partial charge in [-0.2, -0.15) is 0 Å². The first-order valence-electron chi connectivity index (χ1n) is 8.52. The number of aromatic amines is 1. The lowest BCUT2D eigenvalue weighted by Gasteiger charge is -2.31. The van der Waals surface area contributed by atoms with Crippen LogP contribution in [-0.2, 0) is 0 Å². The predicted octanol–water partition coefficient (Wildman–Crippen LogP) is 2.70. The molecule has 2 radical (unpaired) electrons. The number of aromatic nitrogens is 1. The molecule has 4 rings (SSSR count). The number of hydrogen-bond acceptors (Lipinski definition) is 0. The zero-order valence-electron chi connectivity index (χ0n) is 14.1. The van der Waals surface area contributed by atoms with E-state index in [2.05, 4.69) is 62.2 Å². The van der Waals surface area contributed by atoms with E-state index in [9.17, 15) is 0 Å². The highest BCUT2D eigenvalue weighted by atomic mass is 14.7. The molecule has 114 valence electrons. The van der Waals surface area contributed by atoms with Gasteiger partial charge in [0.1, 0.15) is 7.85 Å². The largest absolute Gasteiger partial charge is 0.355 e. The van der Waals surface area contributed by atoms with Crippen molar-refractivity contribution >= 4 is 36.4 Å². The normalized spacial score (nSPS) is 26.8. The van der Waals surface area contributed by atoms with Crippen molar-refractivity contribution in [2.24, 2.45) is 17.8 Å². The third-order valence-electron chi connectivity index (χ3n) is 5.62. The van der Waals surface area contributed by atoms with Crippen molar-refractivity contribution in [3.05, 3.63) is 52.1 Å².